The highest BCUT2D eigenvalue weighted by Gasteiger charge is 2.22. The number of carbonyl (C=O) groups excluding carboxylic acids is 1. The molecule has 1 aliphatic rings. The second-order valence-electron chi connectivity index (χ2n) is 6.68. The molecule has 4 rings (SSSR count). The topological polar surface area (TPSA) is 70.1 Å². The maximum absolute atomic E-state index is 12.9. The molecule has 0 saturated carbocycles. The highest BCUT2D eigenvalue weighted by molar-refractivity contribution is 5.98. The minimum atomic E-state index is 0.0831. The molecule has 1 amide bonds. The molecule has 2 aromatic heterocycles. The average Bonchev–Trinajstić information content (AvgIpc) is 3.22. The molecule has 26 heavy (non-hydrogen) atoms. The van der Waals surface area contributed by atoms with Crippen molar-refractivity contribution in [1.29, 1.82) is 0 Å². The Balaban J connectivity index is 1.42. The predicted octanol–water partition coefficient (Wildman–Crippen LogP) is 2.13. The number of amides is 1. The summed E-state index contributed by atoms with van der Waals surface area (Å²) in [4.78, 5) is 24.8. The lowest BCUT2D eigenvalue weighted by molar-refractivity contribution is 0.0756. The van der Waals surface area contributed by atoms with E-state index in [1.54, 1.807) is 6.33 Å². The summed E-state index contributed by atoms with van der Waals surface area (Å²) in [6, 6.07) is 9.94. The number of H-pyrrole nitrogens is 1. The van der Waals surface area contributed by atoms with Crippen molar-refractivity contribution in [3.63, 3.8) is 0 Å². The number of hydrogen-bond donors (Lipinski definition) is 1. The lowest BCUT2D eigenvalue weighted by Crippen LogP contribution is -2.35. The third kappa shape index (κ3) is 3.35. The van der Waals surface area contributed by atoms with E-state index in [-0.39, 0.29) is 5.91 Å². The maximum Gasteiger partial charge on any atom is 0.270 e. The minimum absolute atomic E-state index is 0.0831. The maximum atomic E-state index is 12.9. The summed E-state index contributed by atoms with van der Waals surface area (Å²) < 4.78 is 1.93. The number of aryl methyl sites for hydroxylation is 1. The van der Waals surface area contributed by atoms with Crippen LogP contribution in [0.25, 0.3) is 10.9 Å². The van der Waals surface area contributed by atoms with Gasteiger partial charge in [-0.05, 0) is 25.5 Å². The smallest absolute Gasteiger partial charge is 0.270 e. The van der Waals surface area contributed by atoms with Crippen LogP contribution in [-0.2, 0) is 13.1 Å². The first-order chi connectivity index (χ1) is 12.7. The molecule has 1 fully saturated rings. The summed E-state index contributed by atoms with van der Waals surface area (Å²) in [6.45, 7) is 7.01. The Bertz CT molecular complexity index is 865. The van der Waals surface area contributed by atoms with E-state index in [1.807, 2.05) is 39.9 Å². The van der Waals surface area contributed by atoms with Crippen LogP contribution in [0.15, 0.2) is 36.7 Å². The van der Waals surface area contributed by atoms with Crippen LogP contribution in [0.1, 0.15) is 29.7 Å². The van der Waals surface area contributed by atoms with Crippen molar-refractivity contribution in [2.45, 2.75) is 26.4 Å². The van der Waals surface area contributed by atoms with Crippen molar-refractivity contribution in [1.82, 2.24) is 29.5 Å². The van der Waals surface area contributed by atoms with Gasteiger partial charge in [-0.25, -0.2) is 9.67 Å². The highest BCUT2D eigenvalue weighted by atomic mass is 16.2. The summed E-state index contributed by atoms with van der Waals surface area (Å²) in [6.07, 6.45) is 2.58. The Morgan fingerprint density at radius 2 is 2.08 bits per heavy atom. The second kappa shape index (κ2) is 7.29. The first-order valence-corrected chi connectivity index (χ1v) is 9.20. The van der Waals surface area contributed by atoms with Crippen molar-refractivity contribution in [2.24, 2.45) is 0 Å². The van der Waals surface area contributed by atoms with E-state index >= 15 is 0 Å². The van der Waals surface area contributed by atoms with E-state index < -0.39 is 0 Å². The van der Waals surface area contributed by atoms with Gasteiger partial charge in [-0.15, -0.1) is 0 Å². The van der Waals surface area contributed by atoms with Crippen LogP contribution in [0.5, 0.6) is 0 Å². The van der Waals surface area contributed by atoms with E-state index in [2.05, 4.69) is 26.9 Å². The lowest BCUT2D eigenvalue weighted by Gasteiger charge is -2.21. The fourth-order valence-electron chi connectivity index (χ4n) is 3.57. The number of hydrogen-bond acceptors (Lipinski definition) is 4. The Labute approximate surface area is 152 Å². The largest absolute Gasteiger partial charge is 0.351 e. The molecule has 0 aliphatic carbocycles. The summed E-state index contributed by atoms with van der Waals surface area (Å²) in [5, 5.41) is 5.31. The standard InChI is InChI=1S/C19H24N6O/c1-2-25-18(20-14-21-25)13-23-8-5-9-24(11-10-23)19(26)17-12-15-6-3-4-7-16(15)22-17/h3-4,6-7,12,14,22H,2,5,8-11,13H2,1H3. The highest BCUT2D eigenvalue weighted by Crippen LogP contribution is 2.17. The zero-order valence-electron chi connectivity index (χ0n) is 15.1. The molecular formula is C19H24N6O. The summed E-state index contributed by atoms with van der Waals surface area (Å²) >= 11 is 0. The van der Waals surface area contributed by atoms with Gasteiger partial charge in [0.05, 0.1) is 6.54 Å². The average molecular weight is 352 g/mol. The molecule has 136 valence electrons. The van der Waals surface area contributed by atoms with Crippen molar-refractivity contribution < 1.29 is 4.79 Å². The number of benzene rings is 1. The number of carbonyl (C=O) groups is 1. The normalized spacial score (nSPS) is 16.1. The van der Waals surface area contributed by atoms with Gasteiger partial charge in [0.1, 0.15) is 17.8 Å². The van der Waals surface area contributed by atoms with Gasteiger partial charge in [-0.1, -0.05) is 18.2 Å². The lowest BCUT2D eigenvalue weighted by atomic mass is 10.2. The molecule has 0 bridgehead atoms. The number of rotatable bonds is 4. The molecule has 0 spiro atoms. The molecule has 3 aromatic rings. The number of nitrogens with zero attached hydrogens (tertiary/aromatic N) is 5. The van der Waals surface area contributed by atoms with Gasteiger partial charge in [-0.3, -0.25) is 9.69 Å². The monoisotopic (exact) mass is 352 g/mol. The first kappa shape index (κ1) is 16.8. The van der Waals surface area contributed by atoms with Crippen LogP contribution in [0.3, 0.4) is 0 Å². The van der Waals surface area contributed by atoms with E-state index in [0.29, 0.717) is 5.69 Å². The van der Waals surface area contributed by atoms with Crippen molar-refractivity contribution in [3.8, 4) is 0 Å². The molecule has 1 aromatic carbocycles. The molecule has 1 N–H and O–H groups in total. The third-order valence-electron chi connectivity index (χ3n) is 5.00. The quantitative estimate of drug-likeness (QED) is 0.781. The molecule has 3 heterocycles. The zero-order chi connectivity index (χ0) is 17.9. The molecule has 1 saturated heterocycles. The second-order valence-corrected chi connectivity index (χ2v) is 6.68. The van der Waals surface area contributed by atoms with Gasteiger partial charge in [0.25, 0.3) is 5.91 Å². The molecular weight excluding hydrogens is 328 g/mol. The Kier molecular flexibility index (Phi) is 4.71. The Hall–Kier alpha value is -2.67. The number of para-hydroxylation sites is 1. The minimum Gasteiger partial charge on any atom is -0.351 e. The Morgan fingerprint density at radius 1 is 1.19 bits per heavy atom. The van der Waals surface area contributed by atoms with Crippen LogP contribution in [0.4, 0.5) is 0 Å². The summed E-state index contributed by atoms with van der Waals surface area (Å²) in [5.74, 6) is 1.07. The van der Waals surface area contributed by atoms with E-state index in [0.717, 1.165) is 62.4 Å². The molecule has 7 heteroatoms. The van der Waals surface area contributed by atoms with Crippen LogP contribution >= 0.6 is 0 Å². The van der Waals surface area contributed by atoms with Crippen LogP contribution in [0, 0.1) is 0 Å². The van der Waals surface area contributed by atoms with Gasteiger partial charge in [0.15, 0.2) is 0 Å². The fourth-order valence-corrected chi connectivity index (χ4v) is 3.57. The molecule has 0 unspecified atom stereocenters. The van der Waals surface area contributed by atoms with Crippen LogP contribution in [-0.4, -0.2) is 61.6 Å². The van der Waals surface area contributed by atoms with Gasteiger partial charge in [-0.2, -0.15) is 5.10 Å². The number of nitrogens with one attached hydrogen (secondary N) is 1. The third-order valence-corrected chi connectivity index (χ3v) is 5.00. The number of aromatic nitrogens is 4. The summed E-state index contributed by atoms with van der Waals surface area (Å²) in [7, 11) is 0. The van der Waals surface area contributed by atoms with E-state index in [1.165, 1.54) is 0 Å². The predicted molar refractivity (Wildman–Crippen MR) is 99.8 cm³/mol. The van der Waals surface area contributed by atoms with Gasteiger partial charge < -0.3 is 9.88 Å². The molecule has 0 atom stereocenters. The van der Waals surface area contributed by atoms with Crippen molar-refractivity contribution in [2.75, 3.05) is 26.2 Å². The van der Waals surface area contributed by atoms with E-state index in [4.69, 9.17) is 0 Å². The van der Waals surface area contributed by atoms with Crippen molar-refractivity contribution in [3.05, 3.63) is 48.2 Å². The molecule has 0 radical (unpaired) electrons. The number of fused-ring (bicyclic) bond motifs is 1. The first-order valence-electron chi connectivity index (χ1n) is 9.20. The molecule has 7 nitrogen and oxygen atoms in total. The number of aromatic amines is 1. The molecule has 1 aliphatic heterocycles. The SMILES string of the molecule is CCn1ncnc1CN1CCCN(C(=O)c2cc3ccccc3[nH]2)CC1. The summed E-state index contributed by atoms with van der Waals surface area (Å²) in [5.41, 5.74) is 1.68. The van der Waals surface area contributed by atoms with Crippen LogP contribution in [0.2, 0.25) is 0 Å². The Morgan fingerprint density at radius 3 is 2.92 bits per heavy atom. The van der Waals surface area contributed by atoms with Crippen molar-refractivity contribution >= 4 is 16.8 Å². The zero-order valence-corrected chi connectivity index (χ0v) is 15.1. The van der Waals surface area contributed by atoms with Gasteiger partial charge in [0, 0.05) is 43.6 Å². The van der Waals surface area contributed by atoms with Gasteiger partial charge >= 0.3 is 0 Å². The fraction of sp³-hybridized carbons (Fsp3) is 0.421. The van der Waals surface area contributed by atoms with E-state index in [9.17, 15) is 4.79 Å². The van der Waals surface area contributed by atoms with Crippen LogP contribution < -0.4 is 0 Å². The van der Waals surface area contributed by atoms with Gasteiger partial charge in [0.2, 0.25) is 0 Å².